The number of nitro groups is 1. The summed E-state index contributed by atoms with van der Waals surface area (Å²) in [5.41, 5.74) is 0.236. The van der Waals surface area contributed by atoms with Gasteiger partial charge in [0.15, 0.2) is 5.75 Å². The number of carboxylic acid groups (broad SMARTS) is 1. The van der Waals surface area contributed by atoms with Gasteiger partial charge < -0.3 is 19.9 Å². The van der Waals surface area contributed by atoms with Gasteiger partial charge in [0.05, 0.1) is 18.1 Å². The third-order valence-electron chi connectivity index (χ3n) is 2.43. The van der Waals surface area contributed by atoms with Crippen molar-refractivity contribution >= 4 is 17.3 Å². The zero-order valence-electron chi connectivity index (χ0n) is 11.2. The topological polar surface area (TPSA) is 111 Å². The van der Waals surface area contributed by atoms with Crippen molar-refractivity contribution in [3.63, 3.8) is 0 Å². The number of nitrogens with one attached hydrogen (secondary N) is 1. The largest absolute Gasteiger partial charge is 0.487 e. The van der Waals surface area contributed by atoms with Gasteiger partial charge in [0, 0.05) is 24.9 Å². The molecular formula is C12H16N2O6. The van der Waals surface area contributed by atoms with E-state index in [0.29, 0.717) is 5.69 Å². The van der Waals surface area contributed by atoms with Crippen molar-refractivity contribution in [2.24, 2.45) is 0 Å². The highest BCUT2D eigenvalue weighted by molar-refractivity contribution is 5.78. The Labute approximate surface area is 115 Å². The number of carbonyl (C=O) groups is 1. The number of hydrogen-bond donors (Lipinski definition) is 2. The quantitative estimate of drug-likeness (QED) is 0.549. The molecule has 0 aromatic heterocycles. The Morgan fingerprint density at radius 1 is 1.55 bits per heavy atom. The average Bonchev–Trinajstić information content (AvgIpc) is 2.38. The second-order valence-corrected chi connectivity index (χ2v) is 3.86. The van der Waals surface area contributed by atoms with Crippen LogP contribution in [0.3, 0.4) is 0 Å². The van der Waals surface area contributed by atoms with Gasteiger partial charge in [0.2, 0.25) is 0 Å². The van der Waals surface area contributed by atoms with Gasteiger partial charge in [-0.05, 0) is 13.0 Å². The zero-order chi connectivity index (χ0) is 15.1. The van der Waals surface area contributed by atoms with Crippen LogP contribution in [0.1, 0.15) is 6.92 Å². The lowest BCUT2D eigenvalue weighted by molar-refractivity contribution is -0.385. The first-order valence-electron chi connectivity index (χ1n) is 5.89. The van der Waals surface area contributed by atoms with E-state index in [1.54, 1.807) is 6.92 Å². The van der Waals surface area contributed by atoms with E-state index in [0.717, 1.165) is 0 Å². The van der Waals surface area contributed by atoms with Crippen molar-refractivity contribution in [1.29, 1.82) is 0 Å². The summed E-state index contributed by atoms with van der Waals surface area (Å²) in [5.74, 6) is -0.993. The Balaban J connectivity index is 2.98. The van der Waals surface area contributed by atoms with Crippen molar-refractivity contribution in [1.82, 2.24) is 0 Å². The summed E-state index contributed by atoms with van der Waals surface area (Å²) in [6.07, 6.45) is 0. The molecule has 1 unspecified atom stereocenters. The number of ether oxygens (including phenoxy) is 2. The monoisotopic (exact) mass is 284 g/mol. The number of anilines is 1. The predicted molar refractivity (Wildman–Crippen MR) is 71.2 cm³/mol. The van der Waals surface area contributed by atoms with E-state index in [-0.39, 0.29) is 24.7 Å². The number of aliphatic carboxylic acids is 1. The standard InChI is InChI=1S/C12H16N2O6/c1-3-20-11-6-8(4-5-10(11)14(17)18)13-9(7-19-2)12(15)16/h4-6,9,13H,3,7H2,1-2H3,(H,15,16). The number of nitro benzene ring substituents is 1. The number of carboxylic acids is 1. The van der Waals surface area contributed by atoms with Gasteiger partial charge in [-0.3, -0.25) is 10.1 Å². The molecule has 0 aliphatic heterocycles. The Morgan fingerprint density at radius 2 is 2.25 bits per heavy atom. The van der Waals surface area contributed by atoms with Gasteiger partial charge in [-0.1, -0.05) is 0 Å². The molecule has 1 atom stereocenters. The van der Waals surface area contributed by atoms with E-state index < -0.39 is 16.9 Å². The van der Waals surface area contributed by atoms with E-state index in [1.807, 2.05) is 0 Å². The molecule has 1 aromatic carbocycles. The smallest absolute Gasteiger partial charge is 0.328 e. The highest BCUT2D eigenvalue weighted by atomic mass is 16.6. The third kappa shape index (κ3) is 4.09. The lowest BCUT2D eigenvalue weighted by Crippen LogP contribution is -2.33. The van der Waals surface area contributed by atoms with Crippen LogP contribution in [-0.2, 0) is 9.53 Å². The number of benzene rings is 1. The van der Waals surface area contributed by atoms with Crippen LogP contribution in [0.25, 0.3) is 0 Å². The first-order valence-corrected chi connectivity index (χ1v) is 5.89. The molecule has 0 aliphatic rings. The molecule has 1 rings (SSSR count). The SMILES string of the molecule is CCOc1cc(NC(COC)C(=O)O)ccc1[N+](=O)[O-]. The van der Waals surface area contributed by atoms with Crippen LogP contribution in [0.15, 0.2) is 18.2 Å². The Hall–Kier alpha value is -2.35. The zero-order valence-corrected chi connectivity index (χ0v) is 11.2. The van der Waals surface area contributed by atoms with Gasteiger partial charge in [-0.2, -0.15) is 0 Å². The summed E-state index contributed by atoms with van der Waals surface area (Å²) in [6.45, 7) is 1.94. The maximum Gasteiger partial charge on any atom is 0.328 e. The summed E-state index contributed by atoms with van der Waals surface area (Å²) in [4.78, 5) is 21.3. The minimum absolute atomic E-state index is 0.0315. The molecule has 0 fully saturated rings. The first kappa shape index (κ1) is 15.7. The molecule has 0 spiro atoms. The second-order valence-electron chi connectivity index (χ2n) is 3.86. The van der Waals surface area contributed by atoms with Crippen LogP contribution in [-0.4, -0.2) is 42.4 Å². The summed E-state index contributed by atoms with van der Waals surface area (Å²) in [7, 11) is 1.39. The van der Waals surface area contributed by atoms with Gasteiger partial charge in [0.25, 0.3) is 0 Å². The van der Waals surface area contributed by atoms with Crippen LogP contribution in [0.2, 0.25) is 0 Å². The predicted octanol–water partition coefficient (Wildman–Crippen LogP) is 1.50. The van der Waals surface area contributed by atoms with Gasteiger partial charge in [0.1, 0.15) is 6.04 Å². The number of nitrogens with zero attached hydrogens (tertiary/aromatic N) is 1. The van der Waals surface area contributed by atoms with E-state index in [4.69, 9.17) is 14.6 Å². The van der Waals surface area contributed by atoms with Gasteiger partial charge in [-0.25, -0.2) is 4.79 Å². The minimum atomic E-state index is -1.08. The number of rotatable bonds is 8. The van der Waals surface area contributed by atoms with E-state index in [9.17, 15) is 14.9 Å². The van der Waals surface area contributed by atoms with Crippen LogP contribution in [0.4, 0.5) is 11.4 Å². The molecule has 0 amide bonds. The summed E-state index contributed by atoms with van der Waals surface area (Å²) >= 11 is 0. The normalized spacial score (nSPS) is 11.7. The molecule has 8 nitrogen and oxygen atoms in total. The van der Waals surface area contributed by atoms with E-state index >= 15 is 0 Å². The van der Waals surface area contributed by atoms with Crippen molar-refractivity contribution in [3.05, 3.63) is 28.3 Å². The Kier molecular flexibility index (Phi) is 5.73. The van der Waals surface area contributed by atoms with E-state index in [1.165, 1.54) is 25.3 Å². The molecule has 8 heteroatoms. The van der Waals surface area contributed by atoms with Crippen molar-refractivity contribution in [2.45, 2.75) is 13.0 Å². The average molecular weight is 284 g/mol. The number of hydrogen-bond acceptors (Lipinski definition) is 6. The molecule has 0 heterocycles. The second kappa shape index (κ2) is 7.29. The molecule has 20 heavy (non-hydrogen) atoms. The maximum atomic E-state index is 11.0. The molecule has 0 aliphatic carbocycles. The Morgan fingerprint density at radius 3 is 2.75 bits per heavy atom. The fraction of sp³-hybridized carbons (Fsp3) is 0.417. The lowest BCUT2D eigenvalue weighted by atomic mass is 10.2. The van der Waals surface area contributed by atoms with E-state index in [2.05, 4.69) is 5.32 Å². The highest BCUT2D eigenvalue weighted by Gasteiger charge is 2.20. The molecule has 2 N–H and O–H groups in total. The first-order chi connectivity index (χ1) is 9.49. The van der Waals surface area contributed by atoms with Crippen molar-refractivity contribution < 1.29 is 24.3 Å². The number of methoxy groups -OCH3 is 1. The van der Waals surface area contributed by atoms with Crippen LogP contribution in [0, 0.1) is 10.1 Å². The molecule has 0 saturated carbocycles. The van der Waals surface area contributed by atoms with Gasteiger partial charge in [-0.15, -0.1) is 0 Å². The van der Waals surface area contributed by atoms with Crippen LogP contribution < -0.4 is 10.1 Å². The minimum Gasteiger partial charge on any atom is -0.487 e. The molecule has 0 bridgehead atoms. The summed E-state index contributed by atoms with van der Waals surface area (Å²) < 4.78 is 9.98. The molecular weight excluding hydrogens is 268 g/mol. The van der Waals surface area contributed by atoms with Crippen LogP contribution in [0.5, 0.6) is 5.75 Å². The van der Waals surface area contributed by atoms with Crippen molar-refractivity contribution in [3.8, 4) is 5.75 Å². The molecule has 1 aromatic rings. The molecule has 0 saturated heterocycles. The van der Waals surface area contributed by atoms with Crippen molar-refractivity contribution in [2.75, 3.05) is 25.6 Å². The molecule has 110 valence electrons. The molecule has 0 radical (unpaired) electrons. The lowest BCUT2D eigenvalue weighted by Gasteiger charge is -2.15. The maximum absolute atomic E-state index is 11.0. The fourth-order valence-electron chi connectivity index (χ4n) is 1.57. The Bertz CT molecular complexity index is 491. The summed E-state index contributed by atoms with van der Waals surface area (Å²) in [6, 6.07) is 3.13. The third-order valence-corrected chi connectivity index (χ3v) is 2.43. The highest BCUT2D eigenvalue weighted by Crippen LogP contribution is 2.30. The van der Waals surface area contributed by atoms with Gasteiger partial charge >= 0.3 is 11.7 Å². The summed E-state index contributed by atoms with van der Waals surface area (Å²) in [5, 5.41) is 22.5. The van der Waals surface area contributed by atoms with Crippen LogP contribution >= 0.6 is 0 Å². The fourth-order valence-corrected chi connectivity index (χ4v) is 1.57.